The van der Waals surface area contributed by atoms with Gasteiger partial charge in [-0.25, -0.2) is 0 Å². The van der Waals surface area contributed by atoms with Gasteiger partial charge in [0.2, 0.25) is 5.91 Å². The number of amides is 1. The standard InChI is InChI=1S/C14H22N2O/c1-10(2)12-8-7-11(9-15-12)16(6)13(17)14(3,4)5/h7-10H,1-6H3. The van der Waals surface area contributed by atoms with E-state index in [0.717, 1.165) is 11.4 Å². The number of carbonyl (C=O) groups is 1. The largest absolute Gasteiger partial charge is 0.314 e. The van der Waals surface area contributed by atoms with E-state index in [1.165, 1.54) is 0 Å². The zero-order valence-corrected chi connectivity index (χ0v) is 11.6. The molecule has 0 radical (unpaired) electrons. The summed E-state index contributed by atoms with van der Waals surface area (Å²) in [5.74, 6) is 0.504. The second kappa shape index (κ2) is 4.86. The lowest BCUT2D eigenvalue weighted by molar-refractivity contribution is -0.125. The Bertz CT molecular complexity index is 388. The number of hydrogen-bond acceptors (Lipinski definition) is 2. The molecule has 0 atom stereocenters. The fourth-order valence-electron chi connectivity index (χ4n) is 1.56. The number of nitrogens with zero attached hydrogens (tertiary/aromatic N) is 2. The van der Waals surface area contributed by atoms with Crippen molar-refractivity contribution in [3.63, 3.8) is 0 Å². The number of carbonyl (C=O) groups excluding carboxylic acids is 1. The molecule has 0 aliphatic heterocycles. The zero-order valence-electron chi connectivity index (χ0n) is 11.6. The van der Waals surface area contributed by atoms with Crippen LogP contribution in [0.15, 0.2) is 18.3 Å². The van der Waals surface area contributed by atoms with Gasteiger partial charge in [-0.15, -0.1) is 0 Å². The summed E-state index contributed by atoms with van der Waals surface area (Å²) in [5, 5.41) is 0. The predicted molar refractivity (Wildman–Crippen MR) is 71.2 cm³/mol. The maximum Gasteiger partial charge on any atom is 0.232 e. The molecule has 0 saturated carbocycles. The molecule has 1 amide bonds. The third-order valence-electron chi connectivity index (χ3n) is 2.70. The van der Waals surface area contributed by atoms with Gasteiger partial charge in [-0.3, -0.25) is 9.78 Å². The van der Waals surface area contributed by atoms with Gasteiger partial charge in [0.25, 0.3) is 0 Å². The molecule has 17 heavy (non-hydrogen) atoms. The molecule has 1 aromatic heterocycles. The summed E-state index contributed by atoms with van der Waals surface area (Å²) in [5.41, 5.74) is 1.52. The van der Waals surface area contributed by atoms with Gasteiger partial charge in [-0.1, -0.05) is 34.6 Å². The number of pyridine rings is 1. The van der Waals surface area contributed by atoms with Crippen LogP contribution in [-0.4, -0.2) is 17.9 Å². The van der Waals surface area contributed by atoms with Crippen LogP contribution in [0.1, 0.15) is 46.2 Å². The monoisotopic (exact) mass is 234 g/mol. The van der Waals surface area contributed by atoms with Crippen molar-refractivity contribution >= 4 is 11.6 Å². The van der Waals surface area contributed by atoms with Gasteiger partial charge in [0.1, 0.15) is 0 Å². The summed E-state index contributed by atoms with van der Waals surface area (Å²) in [6.45, 7) is 9.96. The first-order chi connectivity index (χ1) is 7.73. The molecule has 0 fully saturated rings. The van der Waals surface area contributed by atoms with E-state index in [2.05, 4.69) is 18.8 Å². The van der Waals surface area contributed by atoms with E-state index in [1.807, 2.05) is 32.9 Å². The lowest BCUT2D eigenvalue weighted by Gasteiger charge is -2.25. The van der Waals surface area contributed by atoms with Crippen LogP contribution in [0.3, 0.4) is 0 Å². The molecule has 3 nitrogen and oxygen atoms in total. The summed E-state index contributed by atoms with van der Waals surface area (Å²) >= 11 is 0. The third kappa shape index (κ3) is 3.29. The molecule has 94 valence electrons. The summed E-state index contributed by atoms with van der Waals surface area (Å²) in [7, 11) is 1.79. The Morgan fingerprint density at radius 3 is 2.24 bits per heavy atom. The minimum absolute atomic E-state index is 0.0941. The highest BCUT2D eigenvalue weighted by Gasteiger charge is 2.25. The second-order valence-corrected chi connectivity index (χ2v) is 5.71. The summed E-state index contributed by atoms with van der Waals surface area (Å²) < 4.78 is 0. The third-order valence-corrected chi connectivity index (χ3v) is 2.70. The second-order valence-electron chi connectivity index (χ2n) is 5.71. The molecule has 1 aromatic rings. The van der Waals surface area contributed by atoms with Crippen molar-refractivity contribution in [1.82, 2.24) is 4.98 Å². The van der Waals surface area contributed by atoms with Crippen LogP contribution in [0.25, 0.3) is 0 Å². The fourth-order valence-corrected chi connectivity index (χ4v) is 1.56. The minimum atomic E-state index is -0.370. The quantitative estimate of drug-likeness (QED) is 0.787. The molecule has 0 N–H and O–H groups in total. The number of aromatic nitrogens is 1. The van der Waals surface area contributed by atoms with Crippen molar-refractivity contribution in [3.8, 4) is 0 Å². The Balaban J connectivity index is 2.91. The van der Waals surface area contributed by atoms with E-state index >= 15 is 0 Å². The van der Waals surface area contributed by atoms with E-state index in [1.54, 1.807) is 18.1 Å². The molecule has 0 bridgehead atoms. The first-order valence-corrected chi connectivity index (χ1v) is 5.97. The lowest BCUT2D eigenvalue weighted by atomic mass is 9.95. The smallest absolute Gasteiger partial charge is 0.232 e. The van der Waals surface area contributed by atoms with E-state index in [4.69, 9.17) is 0 Å². The molecule has 3 heteroatoms. The van der Waals surface area contributed by atoms with Crippen molar-refractivity contribution in [3.05, 3.63) is 24.0 Å². The number of anilines is 1. The maximum absolute atomic E-state index is 12.1. The molecule has 0 aliphatic rings. The number of hydrogen-bond donors (Lipinski definition) is 0. The Kier molecular flexibility index (Phi) is 3.91. The normalized spacial score (nSPS) is 11.7. The van der Waals surface area contributed by atoms with Gasteiger partial charge in [0, 0.05) is 18.2 Å². The molecule has 0 unspecified atom stereocenters. The molecule has 0 spiro atoms. The SMILES string of the molecule is CC(C)c1ccc(N(C)C(=O)C(C)(C)C)cn1. The number of rotatable bonds is 2. The van der Waals surface area contributed by atoms with Crippen LogP contribution in [0.4, 0.5) is 5.69 Å². The Morgan fingerprint density at radius 2 is 1.88 bits per heavy atom. The molecule has 0 saturated heterocycles. The van der Waals surface area contributed by atoms with Crippen LogP contribution in [0, 0.1) is 5.41 Å². The zero-order chi connectivity index (χ0) is 13.2. The van der Waals surface area contributed by atoms with Gasteiger partial charge in [0.15, 0.2) is 0 Å². The van der Waals surface area contributed by atoms with Crippen LogP contribution < -0.4 is 4.90 Å². The molecule has 0 aromatic carbocycles. The Labute approximate surface area is 104 Å². The summed E-state index contributed by atoms with van der Waals surface area (Å²) in [4.78, 5) is 18.1. The van der Waals surface area contributed by atoms with Crippen molar-refractivity contribution in [2.75, 3.05) is 11.9 Å². The van der Waals surface area contributed by atoms with Gasteiger partial charge in [-0.05, 0) is 18.1 Å². The Morgan fingerprint density at radius 1 is 1.29 bits per heavy atom. The summed E-state index contributed by atoms with van der Waals surface area (Å²) in [6.07, 6.45) is 1.76. The predicted octanol–water partition coefficient (Wildman–Crippen LogP) is 3.21. The van der Waals surface area contributed by atoms with Crippen molar-refractivity contribution in [1.29, 1.82) is 0 Å². The highest BCUT2D eigenvalue weighted by Crippen LogP contribution is 2.22. The summed E-state index contributed by atoms with van der Waals surface area (Å²) in [6, 6.07) is 3.93. The Hall–Kier alpha value is -1.38. The van der Waals surface area contributed by atoms with Crippen molar-refractivity contribution in [2.45, 2.75) is 40.5 Å². The van der Waals surface area contributed by atoms with Gasteiger partial charge < -0.3 is 4.90 Å². The lowest BCUT2D eigenvalue weighted by Crippen LogP contribution is -2.36. The first-order valence-electron chi connectivity index (χ1n) is 5.97. The molecule has 0 aliphatic carbocycles. The molecule has 1 rings (SSSR count). The minimum Gasteiger partial charge on any atom is -0.314 e. The average molecular weight is 234 g/mol. The topological polar surface area (TPSA) is 33.2 Å². The maximum atomic E-state index is 12.1. The van der Waals surface area contributed by atoms with Crippen LogP contribution >= 0.6 is 0 Å². The van der Waals surface area contributed by atoms with Gasteiger partial charge in [-0.2, -0.15) is 0 Å². The molecule has 1 heterocycles. The van der Waals surface area contributed by atoms with Crippen molar-refractivity contribution in [2.24, 2.45) is 5.41 Å². The van der Waals surface area contributed by atoms with Gasteiger partial charge >= 0.3 is 0 Å². The molecular formula is C14H22N2O. The highest BCUT2D eigenvalue weighted by molar-refractivity contribution is 5.96. The van der Waals surface area contributed by atoms with E-state index in [0.29, 0.717) is 5.92 Å². The van der Waals surface area contributed by atoms with Gasteiger partial charge in [0.05, 0.1) is 11.9 Å². The average Bonchev–Trinajstić information content (AvgIpc) is 2.26. The van der Waals surface area contributed by atoms with Crippen LogP contribution in [0.5, 0.6) is 0 Å². The fraction of sp³-hybridized carbons (Fsp3) is 0.571. The van der Waals surface area contributed by atoms with E-state index < -0.39 is 0 Å². The van der Waals surface area contributed by atoms with Crippen molar-refractivity contribution < 1.29 is 4.79 Å². The molecular weight excluding hydrogens is 212 g/mol. The van der Waals surface area contributed by atoms with Crippen LogP contribution in [-0.2, 0) is 4.79 Å². The van der Waals surface area contributed by atoms with E-state index in [-0.39, 0.29) is 11.3 Å². The first kappa shape index (κ1) is 13.7. The van der Waals surface area contributed by atoms with Crippen LogP contribution in [0.2, 0.25) is 0 Å². The highest BCUT2D eigenvalue weighted by atomic mass is 16.2. The van der Waals surface area contributed by atoms with E-state index in [9.17, 15) is 4.79 Å².